The first kappa shape index (κ1) is 14.1. The van der Waals surface area contributed by atoms with Crippen molar-refractivity contribution in [3.63, 3.8) is 0 Å². The van der Waals surface area contributed by atoms with E-state index in [1.807, 2.05) is 19.0 Å². The van der Waals surface area contributed by atoms with Gasteiger partial charge in [-0.1, -0.05) is 0 Å². The molecule has 0 amide bonds. The third-order valence-corrected chi connectivity index (χ3v) is 3.67. The number of aliphatic hydroxyl groups excluding tert-OH is 1. The van der Waals surface area contributed by atoms with Gasteiger partial charge in [-0.05, 0) is 27.1 Å². The molecule has 3 N–H and O–H groups in total. The molecule has 0 aromatic carbocycles. The van der Waals surface area contributed by atoms with Gasteiger partial charge in [-0.3, -0.25) is 5.10 Å². The molecule has 0 radical (unpaired) electrons. The summed E-state index contributed by atoms with van der Waals surface area (Å²) in [6.07, 6.45) is 2.02. The zero-order valence-electron chi connectivity index (χ0n) is 9.97. The van der Waals surface area contributed by atoms with Gasteiger partial charge in [-0.15, -0.1) is 0 Å². The fraction of sp³-hybridized carbons (Fsp3) is 0.667. The van der Waals surface area contributed by atoms with E-state index in [-0.39, 0.29) is 17.2 Å². The van der Waals surface area contributed by atoms with Gasteiger partial charge in [-0.2, -0.15) is 5.10 Å². The second kappa shape index (κ2) is 6.10. The summed E-state index contributed by atoms with van der Waals surface area (Å²) in [6, 6.07) is 0. The van der Waals surface area contributed by atoms with E-state index in [4.69, 9.17) is 5.11 Å². The predicted molar refractivity (Wildman–Crippen MR) is 62.9 cm³/mol. The summed E-state index contributed by atoms with van der Waals surface area (Å²) in [6.45, 7) is 0.799. The van der Waals surface area contributed by atoms with Crippen LogP contribution in [0.1, 0.15) is 12.0 Å². The Morgan fingerprint density at radius 3 is 2.82 bits per heavy atom. The Hall–Kier alpha value is -0.960. The first-order valence-electron chi connectivity index (χ1n) is 5.25. The van der Waals surface area contributed by atoms with Crippen molar-refractivity contribution in [2.75, 3.05) is 27.2 Å². The quantitative estimate of drug-likeness (QED) is 0.555. The van der Waals surface area contributed by atoms with Crippen molar-refractivity contribution in [1.82, 2.24) is 19.8 Å². The van der Waals surface area contributed by atoms with Crippen LogP contribution in [0.3, 0.4) is 0 Å². The molecule has 0 aliphatic carbocycles. The highest BCUT2D eigenvalue weighted by molar-refractivity contribution is 7.89. The molecule has 98 valence electrons. The van der Waals surface area contributed by atoms with Crippen LogP contribution in [0.2, 0.25) is 0 Å². The largest absolute Gasteiger partial charge is 0.392 e. The van der Waals surface area contributed by atoms with E-state index in [0.29, 0.717) is 6.54 Å². The van der Waals surface area contributed by atoms with E-state index >= 15 is 0 Å². The van der Waals surface area contributed by atoms with Gasteiger partial charge in [0.15, 0.2) is 5.03 Å². The van der Waals surface area contributed by atoms with Gasteiger partial charge in [0.2, 0.25) is 0 Å². The van der Waals surface area contributed by atoms with Crippen LogP contribution in [-0.4, -0.2) is 55.8 Å². The molecule has 0 aliphatic heterocycles. The van der Waals surface area contributed by atoms with Gasteiger partial charge in [0.25, 0.3) is 10.0 Å². The maximum absolute atomic E-state index is 11.8. The van der Waals surface area contributed by atoms with Gasteiger partial charge >= 0.3 is 0 Å². The second-order valence-electron chi connectivity index (χ2n) is 3.94. The minimum absolute atomic E-state index is 0.0650. The summed E-state index contributed by atoms with van der Waals surface area (Å²) < 4.78 is 26.1. The molecule has 7 nitrogen and oxygen atoms in total. The van der Waals surface area contributed by atoms with Crippen molar-refractivity contribution in [3.8, 4) is 0 Å². The molecule has 0 bridgehead atoms. The summed E-state index contributed by atoms with van der Waals surface area (Å²) in [5.41, 5.74) is 0.269. The van der Waals surface area contributed by atoms with Gasteiger partial charge in [0.05, 0.1) is 12.8 Å². The fourth-order valence-corrected chi connectivity index (χ4v) is 2.51. The highest BCUT2D eigenvalue weighted by atomic mass is 32.2. The lowest BCUT2D eigenvalue weighted by molar-refractivity contribution is 0.278. The van der Waals surface area contributed by atoms with E-state index in [9.17, 15) is 8.42 Å². The van der Waals surface area contributed by atoms with Crippen molar-refractivity contribution in [2.45, 2.75) is 18.1 Å². The first-order valence-corrected chi connectivity index (χ1v) is 6.73. The van der Waals surface area contributed by atoms with Crippen molar-refractivity contribution >= 4 is 10.0 Å². The van der Waals surface area contributed by atoms with E-state index < -0.39 is 10.0 Å². The molecule has 17 heavy (non-hydrogen) atoms. The zero-order valence-corrected chi connectivity index (χ0v) is 10.8. The lowest BCUT2D eigenvalue weighted by Crippen LogP contribution is -2.28. The topological polar surface area (TPSA) is 98.3 Å². The van der Waals surface area contributed by atoms with Crippen LogP contribution in [0.5, 0.6) is 0 Å². The van der Waals surface area contributed by atoms with E-state index in [2.05, 4.69) is 14.9 Å². The average Bonchev–Trinajstić information content (AvgIpc) is 2.73. The van der Waals surface area contributed by atoms with Crippen molar-refractivity contribution in [2.24, 2.45) is 0 Å². The Bertz CT molecular complexity index is 441. The van der Waals surface area contributed by atoms with Crippen LogP contribution in [-0.2, 0) is 16.6 Å². The minimum atomic E-state index is -3.60. The lowest BCUT2D eigenvalue weighted by Gasteiger charge is -2.10. The molecule has 0 fully saturated rings. The molecule has 0 aliphatic rings. The van der Waals surface area contributed by atoms with Gasteiger partial charge in [-0.25, -0.2) is 13.1 Å². The molecule has 8 heteroatoms. The van der Waals surface area contributed by atoms with Crippen LogP contribution in [0.15, 0.2) is 11.2 Å². The van der Waals surface area contributed by atoms with Gasteiger partial charge < -0.3 is 10.0 Å². The maximum atomic E-state index is 11.8. The molecular formula is C9H18N4O3S. The number of rotatable bonds is 7. The number of nitrogens with zero attached hydrogens (tertiary/aromatic N) is 2. The standard InChI is InChI=1S/C9H18N4O3S/c1-13(2)5-3-4-11-17(15,16)9-8(7-14)6-10-12-9/h6,11,14H,3-5,7H2,1-2H3,(H,10,12). The Balaban J connectivity index is 2.57. The molecule has 0 unspecified atom stereocenters. The third kappa shape index (κ3) is 4.08. The summed E-state index contributed by atoms with van der Waals surface area (Å²) in [4.78, 5) is 1.98. The summed E-state index contributed by atoms with van der Waals surface area (Å²) in [7, 11) is 0.244. The van der Waals surface area contributed by atoms with Crippen LogP contribution < -0.4 is 4.72 Å². The van der Waals surface area contributed by atoms with Crippen LogP contribution >= 0.6 is 0 Å². The number of H-pyrrole nitrogens is 1. The number of aromatic nitrogens is 2. The lowest BCUT2D eigenvalue weighted by atomic mass is 10.4. The van der Waals surface area contributed by atoms with Crippen molar-refractivity contribution in [1.29, 1.82) is 0 Å². The number of nitrogens with one attached hydrogen (secondary N) is 2. The van der Waals surface area contributed by atoms with E-state index in [1.54, 1.807) is 0 Å². The number of aliphatic hydroxyl groups is 1. The smallest absolute Gasteiger partial charge is 0.257 e. The number of hydrogen-bond donors (Lipinski definition) is 3. The molecule has 1 heterocycles. The normalized spacial score (nSPS) is 12.2. The Labute approximate surface area is 101 Å². The van der Waals surface area contributed by atoms with E-state index in [0.717, 1.165) is 13.0 Å². The number of hydrogen-bond acceptors (Lipinski definition) is 5. The second-order valence-corrected chi connectivity index (χ2v) is 5.64. The minimum Gasteiger partial charge on any atom is -0.392 e. The molecule has 1 aromatic heterocycles. The third-order valence-electron chi connectivity index (χ3n) is 2.19. The summed E-state index contributed by atoms with van der Waals surface area (Å²) >= 11 is 0. The Morgan fingerprint density at radius 2 is 2.24 bits per heavy atom. The van der Waals surface area contributed by atoms with Crippen LogP contribution in [0.4, 0.5) is 0 Å². The average molecular weight is 262 g/mol. The predicted octanol–water partition coefficient (Wildman–Crippen LogP) is -0.868. The fourth-order valence-electron chi connectivity index (χ4n) is 1.32. The molecule has 0 atom stereocenters. The monoisotopic (exact) mass is 262 g/mol. The zero-order chi connectivity index (χ0) is 12.9. The van der Waals surface area contributed by atoms with Gasteiger partial charge in [0, 0.05) is 12.1 Å². The molecule has 0 saturated heterocycles. The van der Waals surface area contributed by atoms with Crippen LogP contribution in [0.25, 0.3) is 0 Å². The highest BCUT2D eigenvalue weighted by Crippen LogP contribution is 2.10. The van der Waals surface area contributed by atoms with Crippen molar-refractivity contribution < 1.29 is 13.5 Å². The molecule has 1 rings (SSSR count). The highest BCUT2D eigenvalue weighted by Gasteiger charge is 2.19. The molecule has 0 spiro atoms. The Kier molecular flexibility index (Phi) is 5.06. The number of aromatic amines is 1. The molecule has 1 aromatic rings. The first-order chi connectivity index (χ1) is 7.97. The Morgan fingerprint density at radius 1 is 1.53 bits per heavy atom. The van der Waals surface area contributed by atoms with Gasteiger partial charge in [0.1, 0.15) is 0 Å². The SMILES string of the molecule is CN(C)CCCNS(=O)(=O)c1[nH]ncc1CO. The maximum Gasteiger partial charge on any atom is 0.257 e. The molecular weight excluding hydrogens is 244 g/mol. The molecule has 0 saturated carbocycles. The summed E-state index contributed by atoms with van der Waals surface area (Å²) in [5, 5.41) is 14.9. The van der Waals surface area contributed by atoms with E-state index in [1.165, 1.54) is 6.20 Å². The van der Waals surface area contributed by atoms with Crippen LogP contribution in [0, 0.1) is 0 Å². The summed E-state index contributed by atoms with van der Waals surface area (Å²) in [5.74, 6) is 0. The van der Waals surface area contributed by atoms with Crippen molar-refractivity contribution in [3.05, 3.63) is 11.8 Å². The number of sulfonamides is 1.